The fourth-order valence-electron chi connectivity index (χ4n) is 7.34. The van der Waals surface area contributed by atoms with E-state index in [0.29, 0.717) is 5.91 Å². The van der Waals surface area contributed by atoms with Gasteiger partial charge in [0.15, 0.2) is 6.04 Å². The number of nitrogens with one attached hydrogen (secondary N) is 3. The highest BCUT2D eigenvalue weighted by atomic mass is 16.2. The molecular weight excluding hydrogens is 372 g/mol. The molecule has 3 N–H and O–H groups in total. The Labute approximate surface area is 180 Å². The highest BCUT2D eigenvalue weighted by molar-refractivity contribution is 5.80. The van der Waals surface area contributed by atoms with Gasteiger partial charge in [-0.3, -0.25) is 4.79 Å². The first-order valence-electron chi connectivity index (χ1n) is 12.0. The van der Waals surface area contributed by atoms with E-state index >= 15 is 0 Å². The summed E-state index contributed by atoms with van der Waals surface area (Å²) in [6.45, 7) is 7.46. The number of hydrogen-bond acceptors (Lipinski definition) is 2. The van der Waals surface area contributed by atoms with Crippen molar-refractivity contribution in [2.24, 2.45) is 17.8 Å². The molecule has 0 unspecified atom stereocenters. The van der Waals surface area contributed by atoms with Crippen LogP contribution in [-0.4, -0.2) is 43.7 Å². The minimum absolute atomic E-state index is 0.0504. The molecule has 4 bridgehead atoms. The third-order valence-electron chi connectivity index (χ3n) is 8.57. The number of nitriles is 1. The standard InChI is InChI=1S/C25H34N4O/c1-18(24(30)27-25-13-21-10-22(14-25)12-23(11-21)15-25)29-8-6-28(7-9-29)17-20-4-2-19(16-26)3-5-20/h2-5,18,21-23H,6-15,17H2,1H3,(H,27,30)/p+2/t18-,21?,22?,23?,25?/m1/s1. The smallest absolute Gasteiger partial charge is 0.278 e. The Bertz CT molecular complexity index is 783. The van der Waals surface area contributed by atoms with E-state index in [1.807, 2.05) is 12.1 Å². The molecule has 1 aliphatic heterocycles. The Morgan fingerprint density at radius 2 is 1.63 bits per heavy atom. The SMILES string of the molecule is C[C@H](C(=O)NC12CC3CC(CC(C3)C1)C2)[NH+]1CC[NH+](Cc2ccc(C#N)cc2)CC1. The molecule has 5 nitrogen and oxygen atoms in total. The van der Waals surface area contributed by atoms with Crippen LogP contribution in [0.4, 0.5) is 0 Å². The first kappa shape index (κ1) is 20.0. The van der Waals surface area contributed by atoms with Crippen LogP contribution in [0.1, 0.15) is 56.6 Å². The quantitative estimate of drug-likeness (QED) is 0.657. The molecule has 0 aromatic heterocycles. The first-order chi connectivity index (χ1) is 14.5. The van der Waals surface area contributed by atoms with Crippen LogP contribution in [0.25, 0.3) is 0 Å². The van der Waals surface area contributed by atoms with Gasteiger partial charge in [-0.25, -0.2) is 0 Å². The van der Waals surface area contributed by atoms with Gasteiger partial charge in [0.25, 0.3) is 5.91 Å². The Hall–Kier alpha value is -1.90. The van der Waals surface area contributed by atoms with Gasteiger partial charge in [-0.2, -0.15) is 5.26 Å². The lowest BCUT2D eigenvalue weighted by atomic mass is 9.53. The van der Waals surface area contributed by atoms with Crippen LogP contribution in [0.5, 0.6) is 0 Å². The highest BCUT2D eigenvalue weighted by Gasteiger charge is 2.52. The lowest BCUT2D eigenvalue weighted by molar-refractivity contribution is -1.02. The second kappa shape index (κ2) is 7.98. The van der Waals surface area contributed by atoms with E-state index in [-0.39, 0.29) is 11.6 Å². The normalized spacial score (nSPS) is 38.1. The number of carbonyl (C=O) groups is 1. The minimum Gasteiger partial charge on any atom is -0.345 e. The monoisotopic (exact) mass is 408 g/mol. The van der Waals surface area contributed by atoms with Gasteiger partial charge < -0.3 is 15.1 Å². The number of nitrogens with zero attached hydrogens (tertiary/aromatic N) is 1. The first-order valence-corrected chi connectivity index (χ1v) is 12.0. The number of amides is 1. The van der Waals surface area contributed by atoms with E-state index in [1.54, 1.807) is 4.90 Å². The summed E-state index contributed by atoms with van der Waals surface area (Å²) >= 11 is 0. The van der Waals surface area contributed by atoms with E-state index in [1.165, 1.54) is 49.0 Å². The Morgan fingerprint density at radius 1 is 1.07 bits per heavy atom. The summed E-state index contributed by atoms with van der Waals surface area (Å²) in [5.41, 5.74) is 2.14. The number of quaternary nitrogens is 2. The molecule has 1 aromatic carbocycles. The van der Waals surface area contributed by atoms with Crippen LogP contribution in [0.15, 0.2) is 24.3 Å². The summed E-state index contributed by atoms with van der Waals surface area (Å²) in [4.78, 5) is 16.2. The number of piperazine rings is 1. The van der Waals surface area contributed by atoms with E-state index in [0.717, 1.165) is 56.0 Å². The number of hydrogen-bond donors (Lipinski definition) is 3. The van der Waals surface area contributed by atoms with Gasteiger partial charge in [0.05, 0.1) is 11.6 Å². The van der Waals surface area contributed by atoms with Crippen molar-refractivity contribution in [1.82, 2.24) is 5.32 Å². The molecule has 1 saturated heterocycles. The molecule has 1 amide bonds. The van der Waals surface area contributed by atoms with Crippen LogP contribution in [-0.2, 0) is 11.3 Å². The van der Waals surface area contributed by atoms with E-state index < -0.39 is 0 Å². The fourth-order valence-corrected chi connectivity index (χ4v) is 7.34. The maximum Gasteiger partial charge on any atom is 0.278 e. The predicted molar refractivity (Wildman–Crippen MR) is 115 cm³/mol. The van der Waals surface area contributed by atoms with Crippen molar-refractivity contribution in [2.45, 2.75) is 63.6 Å². The summed E-state index contributed by atoms with van der Waals surface area (Å²) in [5.74, 6) is 2.90. The molecule has 1 atom stereocenters. The van der Waals surface area contributed by atoms with Gasteiger partial charge in [-0.1, -0.05) is 12.1 Å². The molecule has 0 radical (unpaired) electrons. The maximum atomic E-state index is 13.2. The predicted octanol–water partition coefficient (Wildman–Crippen LogP) is 0.315. The van der Waals surface area contributed by atoms with Crippen molar-refractivity contribution < 1.29 is 14.6 Å². The summed E-state index contributed by atoms with van der Waals surface area (Å²) < 4.78 is 0. The second-order valence-electron chi connectivity index (χ2n) is 10.8. The molecule has 30 heavy (non-hydrogen) atoms. The molecule has 4 saturated carbocycles. The van der Waals surface area contributed by atoms with Gasteiger partial charge in [0.2, 0.25) is 0 Å². The Kier molecular flexibility index (Phi) is 5.33. The summed E-state index contributed by atoms with van der Waals surface area (Å²) in [7, 11) is 0. The lowest BCUT2D eigenvalue weighted by Gasteiger charge is -2.57. The lowest BCUT2D eigenvalue weighted by Crippen LogP contribution is -3.29. The van der Waals surface area contributed by atoms with Crippen LogP contribution in [0.3, 0.4) is 0 Å². The van der Waals surface area contributed by atoms with Gasteiger partial charge in [0, 0.05) is 11.1 Å². The summed E-state index contributed by atoms with van der Waals surface area (Å²) in [5, 5.41) is 12.5. The number of benzene rings is 1. The molecule has 1 aromatic rings. The van der Waals surface area contributed by atoms with Crippen LogP contribution in [0, 0.1) is 29.1 Å². The van der Waals surface area contributed by atoms with Crippen molar-refractivity contribution in [3.8, 4) is 6.07 Å². The third kappa shape index (κ3) is 4.00. The molecule has 5 heteroatoms. The van der Waals surface area contributed by atoms with Crippen LogP contribution < -0.4 is 15.1 Å². The van der Waals surface area contributed by atoms with E-state index in [4.69, 9.17) is 5.26 Å². The van der Waals surface area contributed by atoms with E-state index in [2.05, 4.69) is 30.4 Å². The van der Waals surface area contributed by atoms with Crippen molar-refractivity contribution in [2.75, 3.05) is 26.2 Å². The highest BCUT2D eigenvalue weighted by Crippen LogP contribution is 2.55. The Balaban J connectivity index is 1.12. The third-order valence-corrected chi connectivity index (χ3v) is 8.57. The molecule has 6 rings (SSSR count). The molecule has 160 valence electrons. The van der Waals surface area contributed by atoms with Gasteiger partial charge >= 0.3 is 0 Å². The molecule has 4 aliphatic carbocycles. The Morgan fingerprint density at radius 3 is 2.17 bits per heavy atom. The molecule has 1 heterocycles. The zero-order chi connectivity index (χ0) is 20.7. The topological polar surface area (TPSA) is 61.8 Å². The molecule has 5 fully saturated rings. The maximum absolute atomic E-state index is 13.2. The number of rotatable bonds is 5. The van der Waals surface area contributed by atoms with Gasteiger partial charge in [-0.15, -0.1) is 0 Å². The zero-order valence-corrected chi connectivity index (χ0v) is 18.3. The second-order valence-corrected chi connectivity index (χ2v) is 10.8. The van der Waals surface area contributed by atoms with Crippen LogP contribution in [0.2, 0.25) is 0 Å². The molecular formula is C25H36N4O+2. The fraction of sp³-hybridized carbons (Fsp3) is 0.680. The van der Waals surface area contributed by atoms with Gasteiger partial charge in [0.1, 0.15) is 32.7 Å². The van der Waals surface area contributed by atoms with Gasteiger partial charge in [-0.05, 0) is 75.3 Å². The average Bonchev–Trinajstić information content (AvgIpc) is 2.73. The van der Waals surface area contributed by atoms with Crippen molar-refractivity contribution >= 4 is 5.91 Å². The summed E-state index contributed by atoms with van der Waals surface area (Å²) in [6, 6.07) is 10.2. The largest absolute Gasteiger partial charge is 0.345 e. The average molecular weight is 409 g/mol. The van der Waals surface area contributed by atoms with Crippen molar-refractivity contribution in [1.29, 1.82) is 5.26 Å². The molecule has 0 spiro atoms. The molecule has 5 aliphatic rings. The number of carbonyl (C=O) groups excluding carboxylic acids is 1. The van der Waals surface area contributed by atoms with E-state index in [9.17, 15) is 4.79 Å². The minimum atomic E-state index is 0.0504. The zero-order valence-electron chi connectivity index (χ0n) is 18.3. The van der Waals surface area contributed by atoms with Crippen LogP contribution >= 0.6 is 0 Å². The van der Waals surface area contributed by atoms with Crippen molar-refractivity contribution in [3.63, 3.8) is 0 Å². The summed E-state index contributed by atoms with van der Waals surface area (Å²) in [6.07, 6.45) is 7.94. The van der Waals surface area contributed by atoms with Crippen molar-refractivity contribution in [3.05, 3.63) is 35.4 Å².